The Bertz CT molecular complexity index is 3590. The van der Waals surface area contributed by atoms with E-state index in [1.807, 2.05) is 0 Å². The molecule has 0 saturated heterocycles. The molecule has 0 aliphatic carbocycles. The number of rotatable bonds is 14. The monoisotopic (exact) mass is 978 g/mol. The zero-order valence-corrected chi connectivity index (χ0v) is 35.5. The van der Waals surface area contributed by atoms with Crippen LogP contribution < -0.4 is 15.0 Å². The summed E-state index contributed by atoms with van der Waals surface area (Å²) in [4.78, 5) is 21.7. The van der Waals surface area contributed by atoms with Crippen molar-refractivity contribution < 1.29 is 81.5 Å². The van der Waals surface area contributed by atoms with Gasteiger partial charge in [-0.3, -0.25) is 28.1 Å². The molecule has 6 aromatic rings. The number of benzene rings is 5. The fourth-order valence-electron chi connectivity index (χ4n) is 5.70. The number of ether oxygens (including phenoxy) is 2. The van der Waals surface area contributed by atoms with Gasteiger partial charge in [-0.15, -0.1) is 25.6 Å². The zero-order valence-electron chi connectivity index (χ0n) is 32.2. The van der Waals surface area contributed by atoms with Gasteiger partial charge in [-0.1, -0.05) is 0 Å². The number of methoxy groups -OCH3 is 2. The Morgan fingerprint density at radius 3 is 1.66 bits per heavy atom. The Hall–Kier alpha value is -7.52. The lowest BCUT2D eigenvalue weighted by Gasteiger charge is -2.12. The second-order valence-corrected chi connectivity index (χ2v) is 18.4. The molecule has 0 radical (unpaired) electrons. The van der Waals surface area contributed by atoms with Crippen molar-refractivity contribution in [2.24, 2.45) is 30.7 Å². The molecule has 65 heavy (non-hydrogen) atoms. The molecular formula is C34H26N8O19S4. The molecule has 1 aromatic heterocycles. The highest BCUT2D eigenvalue weighted by molar-refractivity contribution is 7.86. The maximum Gasteiger partial charge on any atom is 0.356 e. The average Bonchev–Trinajstić information content (AvgIpc) is 3.55. The second-order valence-electron chi connectivity index (χ2n) is 12.7. The van der Waals surface area contributed by atoms with Crippen molar-refractivity contribution in [2.75, 3.05) is 14.2 Å². The topological polar surface area (TPSA) is 426 Å². The maximum absolute atomic E-state index is 13.2. The van der Waals surface area contributed by atoms with Crippen LogP contribution in [0.25, 0.3) is 16.5 Å². The summed E-state index contributed by atoms with van der Waals surface area (Å²) < 4.78 is 146. The normalized spacial score (nSPS) is 12.8. The van der Waals surface area contributed by atoms with Crippen LogP contribution in [0.2, 0.25) is 0 Å². The van der Waals surface area contributed by atoms with Crippen LogP contribution in [0.4, 0.5) is 34.1 Å². The predicted octanol–water partition coefficient (Wildman–Crippen LogP) is 5.68. The number of aromatic amines is 1. The lowest BCUT2D eigenvalue weighted by Crippen LogP contribution is -2.14. The Morgan fingerprint density at radius 2 is 1.14 bits per heavy atom. The molecule has 0 atom stereocenters. The van der Waals surface area contributed by atoms with Gasteiger partial charge in [0.15, 0.2) is 17.1 Å². The van der Waals surface area contributed by atoms with E-state index < -0.39 is 117 Å². The van der Waals surface area contributed by atoms with Crippen LogP contribution in [0.5, 0.6) is 23.0 Å². The lowest BCUT2D eigenvalue weighted by molar-refractivity contribution is 0.0690. The van der Waals surface area contributed by atoms with Crippen LogP contribution in [0.3, 0.4) is 0 Å². The van der Waals surface area contributed by atoms with Crippen LogP contribution >= 0.6 is 0 Å². The minimum Gasteiger partial charge on any atom is -0.507 e. The van der Waals surface area contributed by atoms with Crippen LogP contribution in [0.1, 0.15) is 10.5 Å². The van der Waals surface area contributed by atoms with E-state index in [1.165, 1.54) is 0 Å². The third kappa shape index (κ3) is 9.85. The minimum atomic E-state index is -5.25. The van der Waals surface area contributed by atoms with Gasteiger partial charge in [0.25, 0.3) is 46.0 Å². The molecule has 31 heteroatoms. The van der Waals surface area contributed by atoms with Crippen LogP contribution in [0.15, 0.2) is 128 Å². The van der Waals surface area contributed by atoms with Crippen LogP contribution in [-0.4, -0.2) is 97.2 Å². The van der Waals surface area contributed by atoms with E-state index in [0.29, 0.717) is 22.9 Å². The summed E-state index contributed by atoms with van der Waals surface area (Å²) >= 11 is 0. The van der Waals surface area contributed by atoms with Gasteiger partial charge >= 0.3 is 5.97 Å². The van der Waals surface area contributed by atoms with E-state index in [4.69, 9.17) is 9.47 Å². The first kappa shape index (κ1) is 47.0. The Balaban J connectivity index is 1.35. The van der Waals surface area contributed by atoms with Gasteiger partial charge in [-0.2, -0.15) is 38.8 Å². The largest absolute Gasteiger partial charge is 0.507 e. The van der Waals surface area contributed by atoms with Gasteiger partial charge in [-0.05, 0) is 60.0 Å². The van der Waals surface area contributed by atoms with Crippen molar-refractivity contribution in [3.63, 3.8) is 0 Å². The summed E-state index contributed by atoms with van der Waals surface area (Å²) in [6, 6.07) is 10.9. The van der Waals surface area contributed by atoms with Crippen LogP contribution in [-0.2, 0) is 40.5 Å². The number of aromatic carboxylic acids is 1. The van der Waals surface area contributed by atoms with E-state index in [9.17, 15) is 76.8 Å². The summed E-state index contributed by atoms with van der Waals surface area (Å²) in [7, 11) is -17.6. The molecule has 8 N–H and O–H groups in total. The summed E-state index contributed by atoms with van der Waals surface area (Å²) in [5, 5.41) is 55.2. The van der Waals surface area contributed by atoms with Gasteiger partial charge in [-0.25, -0.2) is 9.48 Å². The summed E-state index contributed by atoms with van der Waals surface area (Å²) in [6.45, 7) is 0. The number of carbonyl (C=O) groups is 1. The molecule has 0 aliphatic rings. The highest BCUT2D eigenvalue weighted by Gasteiger charge is 2.26. The molecule has 6 rings (SSSR count). The molecule has 5 aromatic carbocycles. The van der Waals surface area contributed by atoms with Gasteiger partial charge in [0, 0.05) is 18.2 Å². The highest BCUT2D eigenvalue weighted by Crippen LogP contribution is 2.47. The lowest BCUT2D eigenvalue weighted by atomic mass is 10.1. The minimum absolute atomic E-state index is 0.0802. The smallest absolute Gasteiger partial charge is 0.356 e. The first-order valence-electron chi connectivity index (χ1n) is 17.0. The van der Waals surface area contributed by atoms with Crippen molar-refractivity contribution in [1.29, 1.82) is 0 Å². The van der Waals surface area contributed by atoms with Crippen molar-refractivity contribution in [1.82, 2.24) is 9.78 Å². The second kappa shape index (κ2) is 17.2. The number of nitrogens with one attached hydrogen (secondary N) is 1. The quantitative estimate of drug-likeness (QED) is 0.0480. The number of aromatic hydroxyl groups is 2. The summed E-state index contributed by atoms with van der Waals surface area (Å²) in [5.74, 6) is -4.11. The number of hydrogen-bond donors (Lipinski definition) is 8. The standard InChI is InChI=1S/C34H26N8O19S4/c1-60-24-14-22(38-39-29-27(65(57,58)59)10-15-9-19(63(51,52)53)12-23(43)28(15)32(29)44)25(61-2)13-21(24)37-36-20-8-3-16(11-26(20)64(54,55)56)35-40-30-31(34(46)47)41-42(33(30)45)17-4-6-18(7-5-17)62(48,49)50/h3-14,41,43-44H,1-2H3,(H,46,47)(H,48,49,50)(H,51,52,53)(H,54,55,56)(H,57,58,59). The van der Waals surface area contributed by atoms with Crippen molar-refractivity contribution in [3.8, 4) is 28.7 Å². The Morgan fingerprint density at radius 1 is 0.600 bits per heavy atom. The van der Waals surface area contributed by atoms with Gasteiger partial charge < -0.3 is 24.8 Å². The fraction of sp³-hybridized carbons (Fsp3) is 0.0588. The molecule has 0 saturated carbocycles. The van der Waals surface area contributed by atoms with E-state index in [0.717, 1.165) is 68.8 Å². The number of nitrogens with zero attached hydrogens (tertiary/aromatic N) is 7. The van der Waals surface area contributed by atoms with Gasteiger partial charge in [0.05, 0.1) is 40.8 Å². The molecule has 1 heterocycles. The molecule has 0 aliphatic heterocycles. The number of phenols is 2. The molecule has 0 spiro atoms. The molecular weight excluding hydrogens is 953 g/mol. The Kier molecular flexibility index (Phi) is 12.4. The third-order valence-corrected chi connectivity index (χ3v) is 12.1. The molecule has 27 nitrogen and oxygen atoms in total. The van der Waals surface area contributed by atoms with E-state index in [-0.39, 0.29) is 34.2 Å². The predicted molar refractivity (Wildman–Crippen MR) is 218 cm³/mol. The molecule has 0 fully saturated rings. The number of carboxylic acids is 1. The molecule has 340 valence electrons. The molecule has 0 bridgehead atoms. The van der Waals surface area contributed by atoms with E-state index >= 15 is 0 Å². The van der Waals surface area contributed by atoms with Crippen molar-refractivity contribution in [3.05, 3.63) is 88.8 Å². The first-order chi connectivity index (χ1) is 30.2. The van der Waals surface area contributed by atoms with E-state index in [1.54, 1.807) is 0 Å². The maximum atomic E-state index is 13.2. The summed E-state index contributed by atoms with van der Waals surface area (Å²) in [5.41, 5.74) is -5.04. The third-order valence-electron chi connectivity index (χ3n) is 8.64. The SMILES string of the molecule is COc1cc(N=Nc2c(S(=O)(=O)O)cc3cc(S(=O)(=O)O)cc(O)c3c2O)c(OC)cc1N=Nc1ccc(N=Nc2c(C(=O)O)[nH]n(-c3ccc(S(=O)(=O)O)cc3)c2=O)cc1S(=O)(=O)O. The van der Waals surface area contributed by atoms with Crippen molar-refractivity contribution in [2.45, 2.75) is 19.6 Å². The van der Waals surface area contributed by atoms with Gasteiger partial charge in [0.2, 0.25) is 0 Å². The number of hydrogen-bond acceptors (Lipinski definition) is 20. The zero-order chi connectivity index (χ0) is 48.0. The summed E-state index contributed by atoms with van der Waals surface area (Å²) in [6.07, 6.45) is 0. The average molecular weight is 979 g/mol. The number of aromatic nitrogens is 2. The number of H-pyrrole nitrogens is 1. The number of carboxylic acid groups (broad SMARTS) is 1. The highest BCUT2D eigenvalue weighted by atomic mass is 32.2. The van der Waals surface area contributed by atoms with Gasteiger partial charge in [0.1, 0.15) is 49.8 Å². The fourth-order valence-corrected chi connectivity index (χ4v) is 8.01. The van der Waals surface area contributed by atoms with Crippen molar-refractivity contribution >= 4 is 91.3 Å². The number of phenolic OH excluding ortho intramolecular Hbond substituents is 2. The number of azo groups is 3. The first-order valence-corrected chi connectivity index (χ1v) is 22.8. The molecule has 0 amide bonds. The molecule has 0 unspecified atom stereocenters. The van der Waals surface area contributed by atoms with E-state index in [2.05, 4.69) is 35.8 Å². The van der Waals surface area contributed by atoms with Crippen LogP contribution in [0, 0.1) is 0 Å². The number of fused-ring (bicyclic) bond motifs is 1. The Labute approximate surface area is 363 Å².